The van der Waals surface area contributed by atoms with Crippen LogP contribution in [0.25, 0.3) is 0 Å². The van der Waals surface area contributed by atoms with Crippen LogP contribution in [-0.4, -0.2) is 48.9 Å². The predicted octanol–water partition coefficient (Wildman–Crippen LogP) is 2.92. The average molecular weight is 436 g/mol. The van der Waals surface area contributed by atoms with E-state index in [2.05, 4.69) is 15.6 Å². The number of hydrogen-bond acceptors (Lipinski definition) is 3. The molecule has 3 rings (SSSR count). The van der Waals surface area contributed by atoms with E-state index in [4.69, 9.17) is 0 Å². The molecule has 0 radical (unpaired) electrons. The van der Waals surface area contributed by atoms with Crippen LogP contribution in [0.5, 0.6) is 0 Å². The quantitative estimate of drug-likeness (QED) is 0.469. The van der Waals surface area contributed by atoms with E-state index in [0.717, 1.165) is 29.8 Å². The van der Waals surface area contributed by atoms with Crippen molar-refractivity contribution in [3.8, 4) is 0 Å². The van der Waals surface area contributed by atoms with Gasteiger partial charge >= 0.3 is 0 Å². The van der Waals surface area contributed by atoms with Crippen molar-refractivity contribution >= 4 is 23.5 Å². The highest BCUT2D eigenvalue weighted by Gasteiger charge is 2.21. The number of carbonyl (C=O) groups is 2. The van der Waals surface area contributed by atoms with Gasteiger partial charge < -0.3 is 20.4 Å². The Balaban J connectivity index is 1.54. The molecular formula is C25H33N5O2. The van der Waals surface area contributed by atoms with Crippen LogP contribution < -0.4 is 15.5 Å². The summed E-state index contributed by atoms with van der Waals surface area (Å²) < 4.78 is 0. The highest BCUT2D eigenvalue weighted by molar-refractivity contribution is 5.95. The van der Waals surface area contributed by atoms with Crippen molar-refractivity contribution in [2.45, 2.75) is 39.8 Å². The Morgan fingerprint density at radius 2 is 1.78 bits per heavy atom. The smallest absolute Gasteiger partial charge is 0.242 e. The zero-order valence-corrected chi connectivity index (χ0v) is 19.0. The lowest BCUT2D eigenvalue weighted by Gasteiger charge is -2.22. The molecule has 0 aliphatic carbocycles. The number of guanidine groups is 1. The van der Waals surface area contributed by atoms with E-state index < -0.39 is 0 Å². The topological polar surface area (TPSA) is 77.0 Å². The van der Waals surface area contributed by atoms with Crippen LogP contribution in [-0.2, 0) is 22.7 Å². The van der Waals surface area contributed by atoms with Crippen molar-refractivity contribution in [3.63, 3.8) is 0 Å². The Morgan fingerprint density at radius 1 is 1.03 bits per heavy atom. The lowest BCUT2D eigenvalue weighted by molar-refractivity contribution is -0.130. The minimum atomic E-state index is 0.0292. The van der Waals surface area contributed by atoms with E-state index in [0.29, 0.717) is 38.6 Å². The first kappa shape index (κ1) is 23.3. The first-order chi connectivity index (χ1) is 15.6. The predicted molar refractivity (Wildman–Crippen MR) is 128 cm³/mol. The maximum absolute atomic E-state index is 12.7. The van der Waals surface area contributed by atoms with Crippen molar-refractivity contribution in [1.29, 1.82) is 0 Å². The highest BCUT2D eigenvalue weighted by atomic mass is 16.2. The number of rotatable bonds is 9. The zero-order chi connectivity index (χ0) is 22.8. The fourth-order valence-corrected chi connectivity index (χ4v) is 3.67. The third-order valence-electron chi connectivity index (χ3n) is 5.44. The fraction of sp³-hybridized carbons (Fsp3) is 0.400. The summed E-state index contributed by atoms with van der Waals surface area (Å²) in [5, 5.41) is 6.34. The summed E-state index contributed by atoms with van der Waals surface area (Å²) in [6.07, 6.45) is 1.55. The lowest BCUT2D eigenvalue weighted by Crippen LogP contribution is -2.44. The molecule has 0 saturated carbocycles. The Hall–Kier alpha value is -3.35. The molecule has 1 fully saturated rings. The maximum atomic E-state index is 12.7. The van der Waals surface area contributed by atoms with Gasteiger partial charge in [-0.25, -0.2) is 4.99 Å². The summed E-state index contributed by atoms with van der Waals surface area (Å²) in [4.78, 5) is 32.9. The first-order valence-corrected chi connectivity index (χ1v) is 11.3. The van der Waals surface area contributed by atoms with Crippen LogP contribution >= 0.6 is 0 Å². The van der Waals surface area contributed by atoms with Crippen molar-refractivity contribution in [3.05, 3.63) is 65.7 Å². The fourth-order valence-electron chi connectivity index (χ4n) is 3.67. The van der Waals surface area contributed by atoms with Gasteiger partial charge in [0, 0.05) is 38.3 Å². The molecule has 2 amide bonds. The molecule has 1 heterocycles. The molecule has 0 aromatic heterocycles. The minimum absolute atomic E-state index is 0.0292. The molecule has 0 atom stereocenters. The summed E-state index contributed by atoms with van der Waals surface area (Å²) in [5.74, 6) is 0.824. The Kier molecular flexibility index (Phi) is 8.66. The summed E-state index contributed by atoms with van der Waals surface area (Å²) in [7, 11) is 0. The van der Waals surface area contributed by atoms with Gasteiger partial charge in [0.05, 0.1) is 13.1 Å². The van der Waals surface area contributed by atoms with Gasteiger partial charge in [-0.2, -0.15) is 0 Å². The molecule has 1 saturated heterocycles. The number of carbonyl (C=O) groups excluding carboxylic acids is 2. The number of nitrogens with one attached hydrogen (secondary N) is 2. The van der Waals surface area contributed by atoms with Gasteiger partial charge in [-0.05, 0) is 43.5 Å². The molecule has 32 heavy (non-hydrogen) atoms. The molecule has 1 aliphatic rings. The number of anilines is 1. The number of likely N-dealkylation sites (N-methyl/N-ethyl adjacent to an activating group) is 1. The number of hydrogen-bond donors (Lipinski definition) is 2. The van der Waals surface area contributed by atoms with Gasteiger partial charge in [0.15, 0.2) is 5.96 Å². The van der Waals surface area contributed by atoms with Gasteiger partial charge in [0.2, 0.25) is 11.8 Å². The van der Waals surface area contributed by atoms with Gasteiger partial charge in [-0.3, -0.25) is 9.59 Å². The summed E-state index contributed by atoms with van der Waals surface area (Å²) in [6.45, 7) is 7.39. The number of benzene rings is 2. The second kappa shape index (κ2) is 11.9. The summed E-state index contributed by atoms with van der Waals surface area (Å²) >= 11 is 0. The molecule has 0 unspecified atom stereocenters. The van der Waals surface area contributed by atoms with Gasteiger partial charge in [0.1, 0.15) is 0 Å². The van der Waals surface area contributed by atoms with Crippen molar-refractivity contribution in [2.24, 2.45) is 4.99 Å². The molecular weight excluding hydrogens is 402 g/mol. The normalized spacial score (nSPS) is 13.9. The van der Waals surface area contributed by atoms with Crippen LogP contribution in [0.4, 0.5) is 5.69 Å². The Morgan fingerprint density at radius 3 is 2.41 bits per heavy atom. The van der Waals surface area contributed by atoms with Crippen molar-refractivity contribution in [2.75, 3.05) is 31.1 Å². The molecule has 0 bridgehead atoms. The van der Waals surface area contributed by atoms with Crippen LogP contribution in [0, 0.1) is 0 Å². The SMILES string of the molecule is CCNC(=NCc1ccc(N2CCCC2=O)cc1)NCC(=O)N(CC)Cc1ccccc1. The molecule has 2 aromatic rings. The second-order valence-corrected chi connectivity index (χ2v) is 7.76. The number of nitrogens with zero attached hydrogens (tertiary/aromatic N) is 3. The van der Waals surface area contributed by atoms with Crippen LogP contribution in [0.1, 0.15) is 37.8 Å². The summed E-state index contributed by atoms with van der Waals surface area (Å²) in [5.41, 5.74) is 3.10. The van der Waals surface area contributed by atoms with Gasteiger partial charge in [0.25, 0.3) is 0 Å². The van der Waals surface area contributed by atoms with Gasteiger partial charge in [-0.15, -0.1) is 0 Å². The molecule has 0 spiro atoms. The first-order valence-electron chi connectivity index (χ1n) is 11.3. The Labute approximate surface area is 190 Å². The van der Waals surface area contributed by atoms with Crippen LogP contribution in [0.15, 0.2) is 59.6 Å². The summed E-state index contributed by atoms with van der Waals surface area (Å²) in [6, 6.07) is 17.9. The minimum Gasteiger partial charge on any atom is -0.357 e. The van der Waals surface area contributed by atoms with E-state index in [1.807, 2.05) is 78.2 Å². The average Bonchev–Trinajstić information content (AvgIpc) is 3.26. The monoisotopic (exact) mass is 435 g/mol. The van der Waals surface area contributed by atoms with Gasteiger partial charge in [-0.1, -0.05) is 42.5 Å². The number of aliphatic imine (C=N–C) groups is 1. The molecule has 7 heteroatoms. The molecule has 2 N–H and O–H groups in total. The van der Waals surface area contributed by atoms with E-state index in [1.54, 1.807) is 0 Å². The third-order valence-corrected chi connectivity index (χ3v) is 5.44. The van der Waals surface area contributed by atoms with Crippen LogP contribution in [0.3, 0.4) is 0 Å². The van der Waals surface area contributed by atoms with E-state index in [-0.39, 0.29) is 18.4 Å². The number of amides is 2. The van der Waals surface area contributed by atoms with Crippen molar-refractivity contribution < 1.29 is 9.59 Å². The highest BCUT2D eigenvalue weighted by Crippen LogP contribution is 2.21. The third kappa shape index (κ3) is 6.57. The molecule has 170 valence electrons. The second-order valence-electron chi connectivity index (χ2n) is 7.76. The maximum Gasteiger partial charge on any atom is 0.242 e. The largest absolute Gasteiger partial charge is 0.357 e. The molecule has 2 aromatic carbocycles. The lowest BCUT2D eigenvalue weighted by atomic mass is 10.2. The molecule has 7 nitrogen and oxygen atoms in total. The Bertz CT molecular complexity index is 912. The van der Waals surface area contributed by atoms with E-state index in [1.165, 1.54) is 0 Å². The van der Waals surface area contributed by atoms with Crippen LogP contribution in [0.2, 0.25) is 0 Å². The molecule has 1 aliphatic heterocycles. The zero-order valence-electron chi connectivity index (χ0n) is 19.0. The van der Waals surface area contributed by atoms with E-state index in [9.17, 15) is 9.59 Å². The standard InChI is InChI=1S/C25H33N5O2/c1-3-26-25(28-18-24(32)29(4-2)19-21-9-6-5-7-10-21)27-17-20-12-14-22(15-13-20)30-16-8-11-23(30)31/h5-7,9-10,12-15H,3-4,8,11,16-19H2,1-2H3,(H2,26,27,28). The van der Waals surface area contributed by atoms with E-state index >= 15 is 0 Å². The van der Waals surface area contributed by atoms with Crippen molar-refractivity contribution in [1.82, 2.24) is 15.5 Å².